The lowest BCUT2D eigenvalue weighted by Crippen LogP contribution is -2.26. The number of sulfonamides is 1. The molecular weight excluding hydrogens is 545 g/mol. The van der Waals surface area contributed by atoms with Crippen LogP contribution < -0.4 is 13.8 Å². The van der Waals surface area contributed by atoms with Crippen LogP contribution in [0.3, 0.4) is 0 Å². The van der Waals surface area contributed by atoms with Gasteiger partial charge in [0.2, 0.25) is 10.0 Å². The maximum absolute atomic E-state index is 13.9. The Morgan fingerprint density at radius 3 is 2.56 bits per heavy atom. The summed E-state index contributed by atoms with van der Waals surface area (Å²) in [6, 6.07) is 14.8. The smallest absolute Gasteiger partial charge is 0.258 e. The Balaban J connectivity index is 1.64. The average Bonchev–Trinajstić information content (AvgIpc) is 3.23. The average molecular weight is 570 g/mol. The monoisotopic (exact) mass is 569 g/mol. The van der Waals surface area contributed by atoms with Gasteiger partial charge in [-0.05, 0) is 47.5 Å². The van der Waals surface area contributed by atoms with Crippen LogP contribution in [0.25, 0.3) is 10.9 Å². The van der Waals surface area contributed by atoms with Gasteiger partial charge in [-0.2, -0.15) is 0 Å². The van der Waals surface area contributed by atoms with Crippen molar-refractivity contribution < 1.29 is 27.1 Å². The van der Waals surface area contributed by atoms with Gasteiger partial charge in [-0.1, -0.05) is 29.8 Å². The molecule has 2 heterocycles. The van der Waals surface area contributed by atoms with Crippen molar-refractivity contribution in [3.63, 3.8) is 0 Å². The summed E-state index contributed by atoms with van der Waals surface area (Å²) in [5, 5.41) is 0.721. The fourth-order valence-corrected chi connectivity index (χ4v) is 5.41. The maximum Gasteiger partial charge on any atom is 0.258 e. The molecule has 11 heteroatoms. The third-order valence-corrected chi connectivity index (χ3v) is 8.20. The lowest BCUT2D eigenvalue weighted by Gasteiger charge is -2.23. The topological polar surface area (TPSA) is 89.0 Å². The first-order chi connectivity index (χ1) is 18.6. The highest BCUT2D eigenvalue weighted by Crippen LogP contribution is 2.45. The predicted octanol–water partition coefficient (Wildman–Crippen LogP) is 5.17. The number of carbonyl (C=O) groups is 1. The van der Waals surface area contributed by atoms with Crippen molar-refractivity contribution in [3.8, 4) is 11.5 Å². The summed E-state index contributed by atoms with van der Waals surface area (Å²) in [5.41, 5.74) is 2.85. The second-order valence-electron chi connectivity index (χ2n) is 9.20. The Bertz CT molecular complexity index is 1700. The van der Waals surface area contributed by atoms with E-state index in [-0.39, 0.29) is 41.9 Å². The zero-order valence-corrected chi connectivity index (χ0v) is 23.0. The third-order valence-electron chi connectivity index (χ3n) is 6.67. The van der Waals surface area contributed by atoms with Crippen molar-refractivity contribution in [1.29, 1.82) is 0 Å². The second-order valence-corrected chi connectivity index (χ2v) is 11.6. The summed E-state index contributed by atoms with van der Waals surface area (Å²) in [6.07, 6.45) is 2.66. The fourth-order valence-electron chi connectivity index (χ4n) is 4.64. The minimum atomic E-state index is -3.69. The van der Waals surface area contributed by atoms with E-state index >= 15 is 0 Å². The Morgan fingerprint density at radius 2 is 1.90 bits per heavy atom. The van der Waals surface area contributed by atoms with E-state index in [0.717, 1.165) is 16.1 Å². The van der Waals surface area contributed by atoms with E-state index in [9.17, 15) is 17.6 Å². The van der Waals surface area contributed by atoms with Gasteiger partial charge < -0.3 is 14.4 Å². The number of ether oxygens (including phenoxy) is 2. The van der Waals surface area contributed by atoms with E-state index < -0.39 is 15.8 Å². The first-order valence-corrected chi connectivity index (χ1v) is 14.2. The fraction of sp³-hybridized carbons (Fsp3) is 0.214. The Morgan fingerprint density at radius 1 is 1.15 bits per heavy atom. The molecule has 8 nitrogen and oxygen atoms in total. The minimum absolute atomic E-state index is 0.0936. The highest BCUT2D eigenvalue weighted by Gasteiger charge is 2.38. The highest BCUT2D eigenvalue weighted by molar-refractivity contribution is 7.92. The molecule has 1 aliphatic heterocycles. The number of halogens is 2. The summed E-state index contributed by atoms with van der Waals surface area (Å²) in [6.45, 7) is 0.331. The van der Waals surface area contributed by atoms with Crippen LogP contribution in [0.2, 0.25) is 5.02 Å². The van der Waals surface area contributed by atoms with Crippen LogP contribution in [0.1, 0.15) is 27.0 Å². The molecule has 0 aliphatic carbocycles. The van der Waals surface area contributed by atoms with E-state index in [0.29, 0.717) is 33.5 Å². The van der Waals surface area contributed by atoms with Crippen LogP contribution in [0.15, 0.2) is 60.8 Å². The van der Waals surface area contributed by atoms with Crippen LogP contribution in [0, 0.1) is 5.82 Å². The first kappa shape index (κ1) is 26.7. The molecule has 1 aromatic heterocycles. The molecular formula is C28H25ClFN3O5S. The molecule has 0 N–H and O–H groups in total. The normalized spacial score (nSPS) is 13.1. The van der Waals surface area contributed by atoms with E-state index in [1.165, 1.54) is 30.1 Å². The van der Waals surface area contributed by atoms with Gasteiger partial charge in [-0.15, -0.1) is 0 Å². The molecule has 0 saturated heterocycles. The summed E-state index contributed by atoms with van der Waals surface area (Å²) < 4.78 is 51.6. The molecule has 4 aromatic rings. The van der Waals surface area contributed by atoms with Crippen molar-refractivity contribution >= 4 is 44.1 Å². The van der Waals surface area contributed by atoms with Crippen LogP contribution >= 0.6 is 11.6 Å². The van der Waals surface area contributed by atoms with Crippen molar-refractivity contribution in [2.45, 2.75) is 19.7 Å². The van der Waals surface area contributed by atoms with Crippen molar-refractivity contribution in [2.24, 2.45) is 0 Å². The second kappa shape index (κ2) is 10.3. The number of hydrogen-bond donors (Lipinski definition) is 0. The first-order valence-electron chi connectivity index (χ1n) is 11.9. The molecule has 0 radical (unpaired) electrons. The van der Waals surface area contributed by atoms with Gasteiger partial charge in [0.15, 0.2) is 5.75 Å². The number of fused-ring (bicyclic) bond motifs is 2. The van der Waals surface area contributed by atoms with Gasteiger partial charge in [-0.25, -0.2) is 12.8 Å². The zero-order valence-electron chi connectivity index (χ0n) is 21.4. The lowest BCUT2D eigenvalue weighted by molar-refractivity contribution is 0.0763. The van der Waals surface area contributed by atoms with Gasteiger partial charge in [0.05, 0.1) is 24.6 Å². The summed E-state index contributed by atoms with van der Waals surface area (Å²) >= 11 is 6.26. The van der Waals surface area contributed by atoms with Crippen LogP contribution in [0.5, 0.6) is 11.5 Å². The number of amides is 1. The summed E-state index contributed by atoms with van der Waals surface area (Å²) in [5.74, 6) is 0.110. The number of pyridine rings is 1. The molecule has 0 unspecified atom stereocenters. The number of benzene rings is 3. The maximum atomic E-state index is 13.9. The number of rotatable bonds is 8. The molecule has 1 amide bonds. The molecule has 0 saturated carbocycles. The molecule has 3 aromatic carbocycles. The molecule has 0 atom stereocenters. The van der Waals surface area contributed by atoms with Gasteiger partial charge in [0.1, 0.15) is 23.7 Å². The number of carbonyl (C=O) groups excluding carboxylic acids is 1. The Hall–Kier alpha value is -3.89. The predicted molar refractivity (Wildman–Crippen MR) is 147 cm³/mol. The lowest BCUT2D eigenvalue weighted by atomic mass is 10.0. The number of anilines is 1. The third kappa shape index (κ3) is 5.09. The number of methoxy groups -OCH3 is 1. The van der Waals surface area contributed by atoms with Gasteiger partial charge in [-0.3, -0.25) is 14.1 Å². The number of aromatic nitrogens is 1. The van der Waals surface area contributed by atoms with Crippen molar-refractivity contribution in [3.05, 3.63) is 93.9 Å². The molecule has 39 heavy (non-hydrogen) atoms. The largest absolute Gasteiger partial charge is 0.497 e. The molecule has 0 fully saturated rings. The van der Waals surface area contributed by atoms with E-state index in [1.54, 1.807) is 25.4 Å². The van der Waals surface area contributed by atoms with Crippen LogP contribution in [-0.4, -0.2) is 44.6 Å². The highest BCUT2D eigenvalue weighted by atomic mass is 35.5. The van der Waals surface area contributed by atoms with Crippen LogP contribution in [0.4, 0.5) is 10.1 Å². The van der Waals surface area contributed by atoms with Gasteiger partial charge >= 0.3 is 0 Å². The van der Waals surface area contributed by atoms with Crippen molar-refractivity contribution in [2.75, 3.05) is 24.7 Å². The molecule has 1 aliphatic rings. The van der Waals surface area contributed by atoms with Gasteiger partial charge in [0.25, 0.3) is 5.91 Å². The summed E-state index contributed by atoms with van der Waals surface area (Å²) in [7, 11) is -0.663. The molecule has 202 valence electrons. The number of nitrogens with zero attached hydrogens (tertiary/aromatic N) is 3. The molecule has 0 bridgehead atoms. The SMILES string of the molecule is COc1ccc(COc2c3c(c(N(C)S(C)(=O)=O)c4cccnc24)CN(Cc2ccc(F)cc2Cl)C3=O)cc1. The molecule has 5 rings (SSSR count). The van der Waals surface area contributed by atoms with E-state index in [4.69, 9.17) is 21.1 Å². The van der Waals surface area contributed by atoms with Crippen LogP contribution in [-0.2, 0) is 29.7 Å². The minimum Gasteiger partial charge on any atom is -0.497 e. The zero-order chi connectivity index (χ0) is 27.9. The Labute approximate surface area is 230 Å². The number of hydrogen-bond acceptors (Lipinski definition) is 6. The van der Waals surface area contributed by atoms with E-state index in [1.807, 2.05) is 24.3 Å². The van der Waals surface area contributed by atoms with Gasteiger partial charge in [0, 0.05) is 42.3 Å². The standard InChI is InChI=1S/C28H25ClFN3O5S/c1-32(39(3,35)36)26-21-5-4-12-31-25(21)27(38-16-17-6-10-20(37-2)11-7-17)24-22(26)15-33(28(24)34)14-18-8-9-19(30)13-23(18)29/h4-13H,14-16H2,1-3H3. The Kier molecular flexibility index (Phi) is 7.09. The molecule has 0 spiro atoms. The summed E-state index contributed by atoms with van der Waals surface area (Å²) in [4.78, 5) is 19.9. The van der Waals surface area contributed by atoms with Crippen molar-refractivity contribution in [1.82, 2.24) is 9.88 Å². The van der Waals surface area contributed by atoms with E-state index in [2.05, 4.69) is 4.98 Å². The quantitative estimate of drug-likeness (QED) is 0.291.